The van der Waals surface area contributed by atoms with Crippen LogP contribution in [0.1, 0.15) is 6.42 Å². The summed E-state index contributed by atoms with van der Waals surface area (Å²) < 4.78 is 24.5. The Hall–Kier alpha value is 0.234. The number of rotatable bonds is 6. The molecule has 0 N–H and O–H groups in total. The van der Waals surface area contributed by atoms with Crippen LogP contribution in [-0.4, -0.2) is 63.0 Å². The average Bonchev–Trinajstić information content (AvgIpc) is 2.68. The van der Waals surface area contributed by atoms with Crippen molar-refractivity contribution in [3.8, 4) is 0 Å². The van der Waals surface area contributed by atoms with Crippen LogP contribution in [0.15, 0.2) is 0 Å². The fraction of sp³-hybridized carbons (Fsp3) is 1.00. The Balaban J connectivity index is 2.71. The highest BCUT2D eigenvalue weighted by atomic mass is 28.4. The normalized spacial score (nSPS) is 27.6. The first-order valence-corrected chi connectivity index (χ1v) is 10.0. The van der Waals surface area contributed by atoms with Gasteiger partial charge < -0.3 is 17.7 Å². The Morgan fingerprint density at radius 1 is 1.12 bits per heavy atom. The van der Waals surface area contributed by atoms with Crippen LogP contribution in [0, 0.1) is 0 Å². The van der Waals surface area contributed by atoms with Gasteiger partial charge in [-0.3, -0.25) is 4.57 Å². The van der Waals surface area contributed by atoms with E-state index in [1.165, 1.54) is 12.5 Å². The van der Waals surface area contributed by atoms with Crippen molar-refractivity contribution in [2.24, 2.45) is 0 Å². The molecular formula is C9H23NO4Si2. The molecule has 96 valence electrons. The van der Waals surface area contributed by atoms with Gasteiger partial charge in [-0.2, -0.15) is 0 Å². The number of nitrogens with zero attached hydrogens (tertiary/aromatic N) is 1. The van der Waals surface area contributed by atoms with Crippen LogP contribution in [0.2, 0.25) is 12.6 Å². The molecule has 1 rings (SSSR count). The van der Waals surface area contributed by atoms with Crippen molar-refractivity contribution in [2.75, 3.05) is 41.2 Å². The van der Waals surface area contributed by atoms with Gasteiger partial charge in [-0.05, 0) is 25.6 Å². The summed E-state index contributed by atoms with van der Waals surface area (Å²) in [6.07, 6.45) is 1.92. The Bertz CT molecular complexity index is 219. The molecule has 16 heavy (non-hydrogen) atoms. The van der Waals surface area contributed by atoms with E-state index >= 15 is 0 Å². The standard InChI is InChI=1S/C9H23NO4Si2/c1-11-15(5)8-6-7-10(15)9-16(12-2,13-3)14-4/h6-9H2,1-5H3. The third-order valence-corrected chi connectivity index (χ3v) is 10.3. The van der Waals surface area contributed by atoms with Gasteiger partial charge in [0.05, 0.1) is 6.17 Å². The second-order valence-electron chi connectivity index (χ2n) is 4.20. The Labute approximate surface area is 100 Å². The van der Waals surface area contributed by atoms with Crippen molar-refractivity contribution in [2.45, 2.75) is 19.0 Å². The number of hydrogen-bond donors (Lipinski definition) is 0. The Morgan fingerprint density at radius 2 is 1.69 bits per heavy atom. The fourth-order valence-electron chi connectivity index (χ4n) is 2.15. The van der Waals surface area contributed by atoms with Crippen LogP contribution in [0.4, 0.5) is 0 Å². The van der Waals surface area contributed by atoms with Gasteiger partial charge in [0.2, 0.25) is 0 Å². The molecule has 1 saturated heterocycles. The molecule has 0 spiro atoms. The maximum absolute atomic E-state index is 5.71. The van der Waals surface area contributed by atoms with E-state index in [0.29, 0.717) is 0 Å². The molecule has 1 unspecified atom stereocenters. The first kappa shape index (κ1) is 14.3. The van der Waals surface area contributed by atoms with E-state index in [1.807, 2.05) is 0 Å². The molecule has 7 heteroatoms. The van der Waals surface area contributed by atoms with E-state index in [2.05, 4.69) is 11.1 Å². The van der Waals surface area contributed by atoms with Crippen molar-refractivity contribution in [1.82, 2.24) is 4.57 Å². The largest absolute Gasteiger partial charge is 0.514 e. The zero-order valence-electron chi connectivity index (χ0n) is 10.9. The summed E-state index contributed by atoms with van der Waals surface area (Å²) in [5, 5.41) is 0. The molecule has 0 bridgehead atoms. The highest BCUT2D eigenvalue weighted by molar-refractivity contribution is 6.72. The fourth-order valence-corrected chi connectivity index (χ4v) is 7.80. The second kappa shape index (κ2) is 5.72. The molecule has 0 aromatic heterocycles. The smallest absolute Gasteiger partial charge is 0.406 e. The molecular weight excluding hydrogens is 242 g/mol. The summed E-state index contributed by atoms with van der Waals surface area (Å²) in [5.74, 6) is 0. The van der Waals surface area contributed by atoms with Crippen LogP contribution < -0.4 is 0 Å². The SMILES string of the molecule is CO[Si](CN1CCC[Si]1(C)OC)(OC)OC. The highest BCUT2D eigenvalue weighted by Crippen LogP contribution is 2.27. The lowest BCUT2D eigenvalue weighted by Gasteiger charge is -2.36. The minimum Gasteiger partial charge on any atom is -0.406 e. The van der Waals surface area contributed by atoms with Gasteiger partial charge in [0.25, 0.3) is 8.48 Å². The van der Waals surface area contributed by atoms with Gasteiger partial charge in [-0.1, -0.05) is 0 Å². The topological polar surface area (TPSA) is 40.2 Å². The molecule has 0 aromatic carbocycles. The molecule has 1 aliphatic rings. The van der Waals surface area contributed by atoms with E-state index in [9.17, 15) is 0 Å². The van der Waals surface area contributed by atoms with Crippen LogP contribution in [-0.2, 0) is 17.7 Å². The molecule has 0 saturated carbocycles. The summed E-state index contributed by atoms with van der Waals surface area (Å²) in [7, 11) is 2.54. The van der Waals surface area contributed by atoms with E-state index in [4.69, 9.17) is 17.7 Å². The van der Waals surface area contributed by atoms with Crippen molar-refractivity contribution in [3.63, 3.8) is 0 Å². The van der Waals surface area contributed by atoms with Crippen LogP contribution in [0.5, 0.6) is 0 Å². The maximum atomic E-state index is 5.71. The first-order chi connectivity index (χ1) is 7.55. The van der Waals surface area contributed by atoms with Crippen LogP contribution in [0.3, 0.4) is 0 Å². The van der Waals surface area contributed by atoms with Crippen LogP contribution >= 0.6 is 0 Å². The van der Waals surface area contributed by atoms with Gasteiger partial charge in [-0.25, -0.2) is 0 Å². The van der Waals surface area contributed by atoms with Crippen molar-refractivity contribution >= 4 is 17.3 Å². The lowest BCUT2D eigenvalue weighted by atomic mass is 10.5. The summed E-state index contributed by atoms with van der Waals surface area (Å²) in [6.45, 7) is 3.29. The minimum atomic E-state index is -2.51. The zero-order valence-corrected chi connectivity index (χ0v) is 12.9. The summed E-state index contributed by atoms with van der Waals surface area (Å²) in [4.78, 5) is 0. The Morgan fingerprint density at radius 3 is 2.12 bits per heavy atom. The zero-order chi connectivity index (χ0) is 12.2. The minimum absolute atomic E-state index is 0.729. The average molecular weight is 265 g/mol. The summed E-state index contributed by atoms with van der Waals surface area (Å²) >= 11 is 0. The molecule has 1 aliphatic heterocycles. The second-order valence-corrected chi connectivity index (χ2v) is 11.0. The summed E-state index contributed by atoms with van der Waals surface area (Å²) in [6, 6.07) is 1.17. The number of hydrogen-bond acceptors (Lipinski definition) is 5. The third kappa shape index (κ3) is 2.73. The Kier molecular flexibility index (Phi) is 5.11. The van der Waals surface area contributed by atoms with E-state index in [-0.39, 0.29) is 0 Å². The molecule has 0 aliphatic carbocycles. The molecule has 0 aromatic rings. The predicted molar refractivity (Wildman–Crippen MR) is 66.4 cm³/mol. The van der Waals surface area contributed by atoms with Gasteiger partial charge in [0, 0.05) is 28.4 Å². The molecule has 1 fully saturated rings. The quantitative estimate of drug-likeness (QED) is 0.665. The van der Waals surface area contributed by atoms with Crippen molar-refractivity contribution < 1.29 is 17.7 Å². The predicted octanol–water partition coefficient (Wildman–Crippen LogP) is 0.828. The molecule has 0 radical (unpaired) electrons. The van der Waals surface area contributed by atoms with Crippen LogP contribution in [0.25, 0.3) is 0 Å². The maximum Gasteiger partial charge on any atom is 0.514 e. The molecule has 1 heterocycles. The lowest BCUT2D eigenvalue weighted by molar-refractivity contribution is 0.112. The van der Waals surface area contributed by atoms with E-state index in [0.717, 1.165) is 12.7 Å². The first-order valence-electron chi connectivity index (χ1n) is 5.51. The van der Waals surface area contributed by atoms with Gasteiger partial charge in [0.15, 0.2) is 0 Å². The summed E-state index contributed by atoms with van der Waals surface area (Å²) in [5.41, 5.74) is 0. The van der Waals surface area contributed by atoms with Crippen molar-refractivity contribution in [1.29, 1.82) is 0 Å². The molecule has 5 nitrogen and oxygen atoms in total. The van der Waals surface area contributed by atoms with E-state index < -0.39 is 17.3 Å². The van der Waals surface area contributed by atoms with Gasteiger partial charge >= 0.3 is 8.80 Å². The lowest BCUT2D eigenvalue weighted by Crippen LogP contribution is -2.59. The monoisotopic (exact) mass is 265 g/mol. The van der Waals surface area contributed by atoms with Crippen molar-refractivity contribution in [3.05, 3.63) is 0 Å². The molecule has 0 amide bonds. The van der Waals surface area contributed by atoms with E-state index in [1.54, 1.807) is 28.4 Å². The highest BCUT2D eigenvalue weighted by Gasteiger charge is 2.48. The third-order valence-electron chi connectivity index (χ3n) is 3.49. The molecule has 1 atom stereocenters. The van der Waals surface area contributed by atoms with Gasteiger partial charge in [-0.15, -0.1) is 0 Å². The van der Waals surface area contributed by atoms with Gasteiger partial charge in [0.1, 0.15) is 0 Å².